The van der Waals surface area contributed by atoms with E-state index >= 15 is 0 Å². The Hall–Kier alpha value is -2.18. The molecule has 1 aromatic carbocycles. The van der Waals surface area contributed by atoms with Crippen LogP contribution in [0.4, 0.5) is 0 Å². The van der Waals surface area contributed by atoms with E-state index in [1.807, 2.05) is 32.9 Å². The average Bonchev–Trinajstić information content (AvgIpc) is 3.00. The summed E-state index contributed by atoms with van der Waals surface area (Å²) in [4.78, 5) is 13.0. The second-order valence-electron chi connectivity index (χ2n) is 9.79. The van der Waals surface area contributed by atoms with E-state index in [0.29, 0.717) is 18.8 Å². The van der Waals surface area contributed by atoms with Crippen LogP contribution in [0.1, 0.15) is 65.6 Å². The highest BCUT2D eigenvalue weighted by Gasteiger charge is 2.36. The molecule has 1 heterocycles. The average molecular weight is 429 g/mol. The van der Waals surface area contributed by atoms with Crippen LogP contribution in [-0.2, 0) is 19.3 Å². The predicted octanol–water partition coefficient (Wildman–Crippen LogP) is 3.57. The molecule has 0 radical (unpaired) electrons. The van der Waals surface area contributed by atoms with Crippen LogP contribution in [0.3, 0.4) is 0 Å². The lowest BCUT2D eigenvalue weighted by Crippen LogP contribution is -2.32. The molecule has 2 unspecified atom stereocenters. The molecule has 1 aliphatic carbocycles. The van der Waals surface area contributed by atoms with Crippen molar-refractivity contribution in [3.63, 3.8) is 0 Å². The number of nitrogens with zero attached hydrogens (tertiary/aromatic N) is 2. The number of aliphatic hydroxyl groups is 2. The van der Waals surface area contributed by atoms with Gasteiger partial charge in [-0.1, -0.05) is 32.9 Å². The number of ether oxygens (including phenoxy) is 1. The first kappa shape index (κ1) is 23.5. The Kier molecular flexibility index (Phi) is 6.92. The maximum absolute atomic E-state index is 13.0. The summed E-state index contributed by atoms with van der Waals surface area (Å²) in [5.41, 5.74) is 6.52. The van der Waals surface area contributed by atoms with E-state index in [0.717, 1.165) is 46.7 Å². The van der Waals surface area contributed by atoms with Gasteiger partial charge >= 0.3 is 0 Å². The fourth-order valence-electron chi connectivity index (χ4n) is 4.45. The van der Waals surface area contributed by atoms with E-state index in [2.05, 4.69) is 25.9 Å². The summed E-state index contributed by atoms with van der Waals surface area (Å²) in [6, 6.07) is 4.05. The highest BCUT2D eigenvalue weighted by molar-refractivity contribution is 5.79. The predicted molar refractivity (Wildman–Crippen MR) is 121 cm³/mol. The molecule has 0 bridgehead atoms. The molecule has 0 amide bonds. The number of carbonyl (C=O) groups excluding carboxylic acids is 1. The lowest BCUT2D eigenvalue weighted by atomic mass is 9.69. The third-order valence-corrected chi connectivity index (χ3v) is 6.77. The van der Waals surface area contributed by atoms with Crippen LogP contribution in [-0.4, -0.2) is 45.2 Å². The van der Waals surface area contributed by atoms with Gasteiger partial charge in [0, 0.05) is 6.42 Å². The Morgan fingerprint density at radius 3 is 2.55 bits per heavy atom. The zero-order valence-electron chi connectivity index (χ0n) is 19.7. The van der Waals surface area contributed by atoms with Crippen molar-refractivity contribution in [1.82, 2.24) is 9.78 Å². The Balaban J connectivity index is 1.71. The number of carbonyl (C=O) groups is 1. The minimum atomic E-state index is -0.896. The van der Waals surface area contributed by atoms with Crippen molar-refractivity contribution >= 4 is 5.91 Å². The van der Waals surface area contributed by atoms with Crippen molar-refractivity contribution in [3.8, 4) is 5.75 Å². The van der Waals surface area contributed by atoms with E-state index in [1.165, 1.54) is 5.56 Å². The van der Waals surface area contributed by atoms with Gasteiger partial charge in [-0.15, -0.1) is 0 Å². The highest BCUT2D eigenvalue weighted by Crippen LogP contribution is 2.40. The lowest BCUT2D eigenvalue weighted by molar-refractivity contribution is 0.0531. The van der Waals surface area contributed by atoms with Crippen molar-refractivity contribution in [1.29, 1.82) is 0 Å². The molecule has 6 nitrogen and oxygen atoms in total. The second-order valence-corrected chi connectivity index (χ2v) is 9.79. The third-order valence-electron chi connectivity index (χ3n) is 6.77. The number of hydrogen-bond acceptors (Lipinski definition) is 5. The van der Waals surface area contributed by atoms with Crippen molar-refractivity contribution in [2.45, 2.75) is 73.3 Å². The molecule has 0 fully saturated rings. The number of aryl methyl sites for hydroxylation is 4. The molecule has 0 saturated carbocycles. The van der Waals surface area contributed by atoms with Crippen LogP contribution in [0.25, 0.3) is 0 Å². The first-order chi connectivity index (χ1) is 14.5. The van der Waals surface area contributed by atoms with E-state index in [9.17, 15) is 9.90 Å². The quantitative estimate of drug-likeness (QED) is 0.704. The molecule has 31 heavy (non-hydrogen) atoms. The number of hydrogen-bond donors (Lipinski definition) is 2. The molecule has 1 aromatic heterocycles. The van der Waals surface area contributed by atoms with Gasteiger partial charge in [0.2, 0.25) is 5.91 Å². The Morgan fingerprint density at radius 2 is 1.94 bits per heavy atom. The maximum Gasteiger partial charge on any atom is 0.247 e. The first-order valence-corrected chi connectivity index (χ1v) is 11.2. The zero-order chi connectivity index (χ0) is 22.9. The minimum absolute atomic E-state index is 0.0398. The van der Waals surface area contributed by atoms with Crippen LogP contribution >= 0.6 is 0 Å². The molecular formula is C25H36N2O4. The summed E-state index contributed by atoms with van der Waals surface area (Å²) < 4.78 is 7.33. The van der Waals surface area contributed by atoms with Crippen LogP contribution in [0, 0.1) is 32.1 Å². The van der Waals surface area contributed by atoms with Crippen LogP contribution in [0.5, 0.6) is 5.75 Å². The zero-order valence-corrected chi connectivity index (χ0v) is 19.7. The Bertz CT molecular complexity index is 938. The summed E-state index contributed by atoms with van der Waals surface area (Å²) >= 11 is 0. The van der Waals surface area contributed by atoms with Gasteiger partial charge < -0.3 is 14.9 Å². The Morgan fingerprint density at radius 1 is 1.29 bits per heavy atom. The number of benzene rings is 1. The molecule has 2 N–H and O–H groups in total. The van der Waals surface area contributed by atoms with E-state index < -0.39 is 6.10 Å². The van der Waals surface area contributed by atoms with E-state index in [4.69, 9.17) is 9.84 Å². The van der Waals surface area contributed by atoms with Gasteiger partial charge in [0.15, 0.2) is 0 Å². The van der Waals surface area contributed by atoms with Gasteiger partial charge in [0.05, 0.1) is 18.0 Å². The lowest BCUT2D eigenvalue weighted by Gasteiger charge is -2.36. The standard InChI is InChI=1S/C25H36N2O4/c1-15-9-19(10-16(2)24(15)31-14-20(29)13-28)7-8-23(30)27-22-11-17(3)25(5,6)12-21(22)18(4)26-27/h9-10,17,20,28-29H,7-8,11-14H2,1-6H3. The van der Waals surface area contributed by atoms with Gasteiger partial charge in [-0.25, -0.2) is 4.68 Å². The number of aliphatic hydroxyl groups excluding tert-OH is 2. The summed E-state index contributed by atoms with van der Waals surface area (Å²) in [6.07, 6.45) is 1.99. The molecule has 170 valence electrons. The van der Waals surface area contributed by atoms with E-state index in [-0.39, 0.29) is 24.5 Å². The summed E-state index contributed by atoms with van der Waals surface area (Å²) in [6.45, 7) is 12.5. The van der Waals surface area contributed by atoms with Gasteiger partial charge in [-0.2, -0.15) is 5.10 Å². The van der Waals surface area contributed by atoms with Gasteiger partial charge in [-0.05, 0) is 73.6 Å². The molecule has 0 spiro atoms. The number of aromatic nitrogens is 2. The van der Waals surface area contributed by atoms with E-state index in [1.54, 1.807) is 4.68 Å². The summed E-state index contributed by atoms with van der Waals surface area (Å²) in [7, 11) is 0. The van der Waals surface area contributed by atoms with Crippen molar-refractivity contribution in [2.75, 3.05) is 13.2 Å². The normalized spacial score (nSPS) is 18.5. The number of fused-ring (bicyclic) bond motifs is 1. The molecular weight excluding hydrogens is 392 g/mol. The van der Waals surface area contributed by atoms with Crippen molar-refractivity contribution in [3.05, 3.63) is 45.8 Å². The minimum Gasteiger partial charge on any atom is -0.490 e. The largest absolute Gasteiger partial charge is 0.490 e. The third kappa shape index (κ3) is 5.01. The molecule has 0 aliphatic heterocycles. The molecule has 6 heteroatoms. The SMILES string of the molecule is Cc1cc(CCC(=O)n2nc(C)c3c2CC(C)C(C)(C)C3)cc(C)c1OCC(O)CO. The van der Waals surface area contributed by atoms with Crippen molar-refractivity contribution < 1.29 is 19.7 Å². The molecule has 2 aromatic rings. The van der Waals surface area contributed by atoms with Crippen molar-refractivity contribution in [2.24, 2.45) is 11.3 Å². The molecule has 1 aliphatic rings. The fourth-order valence-corrected chi connectivity index (χ4v) is 4.45. The van der Waals surface area contributed by atoms with Gasteiger partial charge in [0.25, 0.3) is 0 Å². The van der Waals surface area contributed by atoms with Gasteiger partial charge in [0.1, 0.15) is 18.5 Å². The first-order valence-electron chi connectivity index (χ1n) is 11.2. The number of rotatable bonds is 7. The van der Waals surface area contributed by atoms with Crippen LogP contribution in [0.15, 0.2) is 12.1 Å². The maximum atomic E-state index is 13.0. The smallest absolute Gasteiger partial charge is 0.247 e. The summed E-state index contributed by atoms with van der Waals surface area (Å²) in [5.74, 6) is 1.26. The fraction of sp³-hybridized carbons (Fsp3) is 0.600. The molecule has 3 rings (SSSR count). The monoisotopic (exact) mass is 428 g/mol. The highest BCUT2D eigenvalue weighted by atomic mass is 16.5. The molecule has 2 atom stereocenters. The van der Waals surface area contributed by atoms with Gasteiger partial charge in [-0.3, -0.25) is 4.79 Å². The van der Waals surface area contributed by atoms with Crippen LogP contribution < -0.4 is 4.74 Å². The topological polar surface area (TPSA) is 84.6 Å². The molecule has 0 saturated heterocycles. The van der Waals surface area contributed by atoms with Crippen LogP contribution in [0.2, 0.25) is 0 Å². The Labute approximate surface area is 185 Å². The summed E-state index contributed by atoms with van der Waals surface area (Å²) in [5, 5.41) is 23.1. The second kappa shape index (κ2) is 9.13.